The summed E-state index contributed by atoms with van der Waals surface area (Å²) in [5, 5.41) is 11.4. The molecule has 2 aromatic carbocycles. The number of nitro benzene ring substituents is 1. The monoisotopic (exact) mass is 465 g/mol. The number of ether oxygens (including phenoxy) is 2. The standard InChI is InChI=1S/C23H16ClN3O6/c1-14-3-2-10-26-21(28)12-17(25-22(14)26)13-32-23(29)15-4-7-18(8-5-15)33-20-9-6-16(24)11-19(20)27(30)31/h2-12H,13H2,1H3. The van der Waals surface area contributed by atoms with E-state index in [1.165, 1.54) is 52.9 Å². The Bertz CT molecular complexity index is 1430. The summed E-state index contributed by atoms with van der Waals surface area (Å²) in [6.07, 6.45) is 1.62. The summed E-state index contributed by atoms with van der Waals surface area (Å²) in [4.78, 5) is 39.6. The highest BCUT2D eigenvalue weighted by Crippen LogP contribution is 2.33. The van der Waals surface area contributed by atoms with Crippen molar-refractivity contribution in [2.75, 3.05) is 0 Å². The number of nitro groups is 1. The van der Waals surface area contributed by atoms with Crippen molar-refractivity contribution in [3.8, 4) is 11.5 Å². The maximum absolute atomic E-state index is 12.4. The summed E-state index contributed by atoms with van der Waals surface area (Å²) < 4.78 is 12.3. The van der Waals surface area contributed by atoms with Crippen LogP contribution in [0.4, 0.5) is 5.69 Å². The number of carbonyl (C=O) groups is 1. The van der Waals surface area contributed by atoms with Gasteiger partial charge in [-0.1, -0.05) is 17.7 Å². The number of halogens is 1. The second-order valence-electron chi connectivity index (χ2n) is 7.04. The fourth-order valence-electron chi connectivity index (χ4n) is 3.11. The summed E-state index contributed by atoms with van der Waals surface area (Å²) in [5.74, 6) is -0.314. The molecule has 0 unspecified atom stereocenters. The van der Waals surface area contributed by atoms with Crippen LogP contribution in [0.1, 0.15) is 21.6 Å². The Labute approximate surface area is 191 Å². The van der Waals surface area contributed by atoms with E-state index in [4.69, 9.17) is 21.1 Å². The molecule has 0 saturated heterocycles. The van der Waals surface area contributed by atoms with E-state index in [1.807, 2.05) is 13.0 Å². The van der Waals surface area contributed by atoms with Crippen LogP contribution in [-0.2, 0) is 11.3 Å². The van der Waals surface area contributed by atoms with E-state index in [1.54, 1.807) is 12.3 Å². The molecule has 2 aromatic heterocycles. The van der Waals surface area contributed by atoms with Gasteiger partial charge in [0.15, 0.2) is 0 Å². The maximum atomic E-state index is 12.4. The van der Waals surface area contributed by atoms with Crippen molar-refractivity contribution in [3.05, 3.63) is 109 Å². The van der Waals surface area contributed by atoms with E-state index in [-0.39, 0.29) is 39.9 Å². The number of nitrogens with zero attached hydrogens (tertiary/aromatic N) is 3. The van der Waals surface area contributed by atoms with Crippen molar-refractivity contribution < 1.29 is 19.2 Å². The predicted octanol–water partition coefficient (Wildman–Crippen LogP) is 4.71. The third-order valence-electron chi connectivity index (χ3n) is 4.73. The van der Waals surface area contributed by atoms with Crippen LogP contribution in [-0.4, -0.2) is 20.3 Å². The molecule has 166 valence electrons. The molecule has 10 heteroatoms. The van der Waals surface area contributed by atoms with E-state index >= 15 is 0 Å². The van der Waals surface area contributed by atoms with Gasteiger partial charge in [-0.25, -0.2) is 9.78 Å². The van der Waals surface area contributed by atoms with Crippen LogP contribution in [0.5, 0.6) is 11.5 Å². The molecule has 0 aliphatic heterocycles. The Morgan fingerprint density at radius 2 is 1.91 bits per heavy atom. The minimum absolute atomic E-state index is 0.0173. The van der Waals surface area contributed by atoms with Crippen LogP contribution >= 0.6 is 11.6 Å². The van der Waals surface area contributed by atoms with Crippen LogP contribution in [0.15, 0.2) is 71.7 Å². The number of benzene rings is 2. The first kappa shape index (κ1) is 22.0. The second-order valence-corrected chi connectivity index (χ2v) is 7.48. The zero-order valence-electron chi connectivity index (χ0n) is 17.2. The number of rotatable bonds is 6. The van der Waals surface area contributed by atoms with Gasteiger partial charge in [-0.05, 0) is 55.0 Å². The van der Waals surface area contributed by atoms with Gasteiger partial charge >= 0.3 is 11.7 Å². The van der Waals surface area contributed by atoms with Gasteiger partial charge in [-0.2, -0.15) is 0 Å². The highest BCUT2D eigenvalue weighted by Gasteiger charge is 2.17. The first-order valence-electron chi connectivity index (χ1n) is 9.69. The SMILES string of the molecule is Cc1cccn2c(=O)cc(COC(=O)c3ccc(Oc4ccc(Cl)cc4[N+](=O)[O-])cc3)nc12. The van der Waals surface area contributed by atoms with E-state index in [0.717, 1.165) is 5.56 Å². The molecular formula is C23H16ClN3O6. The fourth-order valence-corrected chi connectivity index (χ4v) is 3.28. The molecule has 0 N–H and O–H groups in total. The van der Waals surface area contributed by atoms with Crippen LogP contribution in [0.3, 0.4) is 0 Å². The molecule has 0 radical (unpaired) electrons. The molecule has 0 fully saturated rings. The molecule has 0 aliphatic carbocycles. The molecule has 33 heavy (non-hydrogen) atoms. The summed E-state index contributed by atoms with van der Waals surface area (Å²) in [5.41, 5.74) is 1.33. The maximum Gasteiger partial charge on any atom is 0.338 e. The van der Waals surface area contributed by atoms with Gasteiger partial charge in [-0.3, -0.25) is 19.3 Å². The van der Waals surface area contributed by atoms with E-state index in [2.05, 4.69) is 4.98 Å². The number of aromatic nitrogens is 2. The third kappa shape index (κ3) is 4.83. The highest BCUT2D eigenvalue weighted by molar-refractivity contribution is 6.30. The van der Waals surface area contributed by atoms with Crippen molar-refractivity contribution >= 4 is 28.9 Å². The van der Waals surface area contributed by atoms with Crippen molar-refractivity contribution in [1.29, 1.82) is 0 Å². The Kier molecular flexibility index (Phi) is 6.05. The number of fused-ring (bicyclic) bond motifs is 1. The lowest BCUT2D eigenvalue weighted by Gasteiger charge is -2.09. The zero-order valence-corrected chi connectivity index (χ0v) is 18.0. The van der Waals surface area contributed by atoms with E-state index in [9.17, 15) is 19.7 Å². The van der Waals surface area contributed by atoms with Gasteiger partial charge in [0.05, 0.1) is 16.2 Å². The summed E-state index contributed by atoms with van der Waals surface area (Å²) in [6, 6.07) is 14.9. The lowest BCUT2D eigenvalue weighted by atomic mass is 10.2. The average Bonchev–Trinajstić information content (AvgIpc) is 2.80. The smallest absolute Gasteiger partial charge is 0.338 e. The van der Waals surface area contributed by atoms with Gasteiger partial charge in [0, 0.05) is 23.4 Å². The number of hydrogen-bond donors (Lipinski definition) is 0. The molecule has 0 amide bonds. The predicted molar refractivity (Wildman–Crippen MR) is 120 cm³/mol. The Morgan fingerprint density at radius 1 is 1.15 bits per heavy atom. The first-order valence-corrected chi connectivity index (χ1v) is 10.1. The average molecular weight is 466 g/mol. The number of hydrogen-bond acceptors (Lipinski definition) is 7. The molecule has 4 aromatic rings. The number of carbonyl (C=O) groups excluding carboxylic acids is 1. The molecule has 0 saturated carbocycles. The van der Waals surface area contributed by atoms with Gasteiger partial charge in [0.1, 0.15) is 18.0 Å². The molecule has 0 spiro atoms. The van der Waals surface area contributed by atoms with E-state index < -0.39 is 10.9 Å². The van der Waals surface area contributed by atoms with Crippen molar-refractivity contribution in [3.63, 3.8) is 0 Å². The van der Waals surface area contributed by atoms with E-state index in [0.29, 0.717) is 11.3 Å². The van der Waals surface area contributed by atoms with Gasteiger partial charge in [-0.15, -0.1) is 0 Å². The Hall–Kier alpha value is -4.24. The molecular weight excluding hydrogens is 450 g/mol. The molecule has 0 bridgehead atoms. The molecule has 4 rings (SSSR count). The molecule has 0 aliphatic rings. The van der Waals surface area contributed by atoms with Crippen molar-refractivity contribution in [2.24, 2.45) is 0 Å². The lowest BCUT2D eigenvalue weighted by molar-refractivity contribution is -0.385. The minimum Gasteiger partial charge on any atom is -0.456 e. The van der Waals surface area contributed by atoms with Gasteiger partial charge < -0.3 is 9.47 Å². The Morgan fingerprint density at radius 3 is 2.64 bits per heavy atom. The Balaban J connectivity index is 1.45. The van der Waals surface area contributed by atoms with Crippen molar-refractivity contribution in [1.82, 2.24) is 9.38 Å². The quantitative estimate of drug-likeness (QED) is 0.230. The summed E-state index contributed by atoms with van der Waals surface area (Å²) >= 11 is 5.80. The van der Waals surface area contributed by atoms with Crippen LogP contribution in [0.25, 0.3) is 5.65 Å². The number of aryl methyl sites for hydroxylation is 1. The fraction of sp³-hybridized carbons (Fsp3) is 0.0870. The summed E-state index contributed by atoms with van der Waals surface area (Å²) in [6.45, 7) is 1.66. The van der Waals surface area contributed by atoms with Crippen LogP contribution in [0, 0.1) is 17.0 Å². The molecule has 0 atom stereocenters. The largest absolute Gasteiger partial charge is 0.456 e. The first-order chi connectivity index (χ1) is 15.8. The van der Waals surface area contributed by atoms with Crippen molar-refractivity contribution in [2.45, 2.75) is 13.5 Å². The summed E-state index contributed by atoms with van der Waals surface area (Å²) in [7, 11) is 0. The molecule has 2 heterocycles. The minimum atomic E-state index is -0.620. The van der Waals surface area contributed by atoms with Crippen LogP contribution < -0.4 is 10.3 Å². The topological polar surface area (TPSA) is 113 Å². The zero-order chi connectivity index (χ0) is 23.5. The molecule has 9 nitrogen and oxygen atoms in total. The van der Waals surface area contributed by atoms with Gasteiger partial charge in [0.25, 0.3) is 5.56 Å². The third-order valence-corrected chi connectivity index (χ3v) is 4.96. The number of pyridine rings is 1. The highest BCUT2D eigenvalue weighted by atomic mass is 35.5. The van der Waals surface area contributed by atoms with Crippen LogP contribution in [0.2, 0.25) is 5.02 Å². The second kappa shape index (κ2) is 9.09. The normalized spacial score (nSPS) is 10.7. The lowest BCUT2D eigenvalue weighted by Crippen LogP contribution is -2.17. The van der Waals surface area contributed by atoms with Gasteiger partial charge in [0.2, 0.25) is 5.75 Å². The number of esters is 1.